The van der Waals surface area contributed by atoms with E-state index in [-0.39, 0.29) is 35.9 Å². The van der Waals surface area contributed by atoms with Crippen molar-refractivity contribution >= 4 is 11.8 Å². The van der Waals surface area contributed by atoms with E-state index in [9.17, 15) is 9.59 Å². The summed E-state index contributed by atoms with van der Waals surface area (Å²) in [6, 6.07) is 0.125. The van der Waals surface area contributed by atoms with Gasteiger partial charge in [-0.15, -0.1) is 0 Å². The minimum atomic E-state index is -0.270. The van der Waals surface area contributed by atoms with Crippen molar-refractivity contribution in [1.82, 2.24) is 10.2 Å². The Hall–Kier alpha value is -1.10. The first kappa shape index (κ1) is 16.0. The molecule has 1 aliphatic rings. The monoisotopic (exact) mass is 269 g/mol. The molecular formula is C14H27N3O2. The van der Waals surface area contributed by atoms with Crippen LogP contribution in [0.25, 0.3) is 0 Å². The van der Waals surface area contributed by atoms with Crippen molar-refractivity contribution in [2.75, 3.05) is 13.6 Å². The summed E-state index contributed by atoms with van der Waals surface area (Å²) in [7, 11) is 1.69. The fraction of sp³-hybridized carbons (Fsp3) is 0.857. The van der Waals surface area contributed by atoms with Crippen molar-refractivity contribution in [3.05, 3.63) is 0 Å². The third-order valence-electron chi connectivity index (χ3n) is 3.34. The number of carbonyl (C=O) groups is 2. The first-order valence-electron chi connectivity index (χ1n) is 7.00. The number of nitrogens with two attached hydrogens (primary N) is 1. The van der Waals surface area contributed by atoms with Gasteiger partial charge in [0, 0.05) is 24.5 Å². The van der Waals surface area contributed by atoms with Crippen LogP contribution in [0.15, 0.2) is 0 Å². The standard InChI is InChI=1S/C14H27N3O2/c1-14(2,3)16-12(18)9-17(4)13(19)10-6-5-7-11(15)8-10/h10-11H,5-9,15H2,1-4H3,(H,16,18). The van der Waals surface area contributed by atoms with Gasteiger partial charge in [-0.2, -0.15) is 0 Å². The summed E-state index contributed by atoms with van der Waals surface area (Å²) in [6.07, 6.45) is 3.62. The molecule has 2 atom stereocenters. The average molecular weight is 269 g/mol. The molecule has 19 heavy (non-hydrogen) atoms. The number of nitrogens with zero attached hydrogens (tertiary/aromatic N) is 1. The highest BCUT2D eigenvalue weighted by Crippen LogP contribution is 2.24. The lowest BCUT2D eigenvalue weighted by atomic mass is 9.85. The van der Waals surface area contributed by atoms with Crippen molar-refractivity contribution in [3.63, 3.8) is 0 Å². The quantitative estimate of drug-likeness (QED) is 0.798. The predicted octanol–water partition coefficient (Wildman–Crippen LogP) is 0.877. The van der Waals surface area contributed by atoms with Gasteiger partial charge in [0.05, 0.1) is 6.54 Å². The van der Waals surface area contributed by atoms with Crippen LogP contribution in [0, 0.1) is 5.92 Å². The average Bonchev–Trinajstić information content (AvgIpc) is 2.25. The Morgan fingerprint density at radius 2 is 1.95 bits per heavy atom. The number of nitrogens with one attached hydrogen (secondary N) is 1. The minimum absolute atomic E-state index is 0.0174. The Balaban J connectivity index is 2.46. The van der Waals surface area contributed by atoms with Crippen LogP contribution in [0.2, 0.25) is 0 Å². The van der Waals surface area contributed by atoms with E-state index in [4.69, 9.17) is 5.73 Å². The molecule has 3 N–H and O–H groups in total. The van der Waals surface area contributed by atoms with Gasteiger partial charge in [0.1, 0.15) is 0 Å². The zero-order chi connectivity index (χ0) is 14.6. The maximum absolute atomic E-state index is 12.2. The van der Waals surface area contributed by atoms with Crippen molar-refractivity contribution in [3.8, 4) is 0 Å². The van der Waals surface area contributed by atoms with E-state index in [1.165, 1.54) is 4.90 Å². The third-order valence-corrected chi connectivity index (χ3v) is 3.34. The molecule has 0 heterocycles. The lowest BCUT2D eigenvalue weighted by Gasteiger charge is -2.30. The molecule has 2 unspecified atom stereocenters. The number of likely N-dealkylation sites (N-methyl/N-ethyl adjacent to an activating group) is 1. The van der Waals surface area contributed by atoms with Crippen LogP contribution in [-0.4, -0.2) is 41.9 Å². The highest BCUT2D eigenvalue weighted by molar-refractivity contribution is 5.86. The Labute approximate surface area is 115 Å². The Kier molecular flexibility index (Phi) is 5.35. The largest absolute Gasteiger partial charge is 0.350 e. The molecule has 0 aromatic rings. The van der Waals surface area contributed by atoms with Gasteiger partial charge in [0.15, 0.2) is 0 Å². The molecule has 2 amide bonds. The van der Waals surface area contributed by atoms with Gasteiger partial charge in [0.25, 0.3) is 0 Å². The van der Waals surface area contributed by atoms with Crippen molar-refractivity contribution in [1.29, 1.82) is 0 Å². The van der Waals surface area contributed by atoms with E-state index < -0.39 is 0 Å². The molecule has 0 aromatic carbocycles. The molecule has 0 spiro atoms. The number of amides is 2. The maximum atomic E-state index is 12.2. The summed E-state index contributed by atoms with van der Waals surface area (Å²) in [5, 5.41) is 2.86. The topological polar surface area (TPSA) is 75.4 Å². The smallest absolute Gasteiger partial charge is 0.240 e. The van der Waals surface area contributed by atoms with E-state index in [0.29, 0.717) is 0 Å². The summed E-state index contributed by atoms with van der Waals surface area (Å²) in [6.45, 7) is 5.88. The summed E-state index contributed by atoms with van der Waals surface area (Å²) in [4.78, 5) is 25.5. The van der Waals surface area contributed by atoms with Crippen molar-refractivity contribution in [2.24, 2.45) is 11.7 Å². The Bertz CT molecular complexity index is 336. The molecule has 1 rings (SSSR count). The van der Waals surface area contributed by atoms with E-state index in [2.05, 4.69) is 5.32 Å². The molecule has 1 aliphatic carbocycles. The second-order valence-electron chi connectivity index (χ2n) is 6.62. The van der Waals surface area contributed by atoms with Gasteiger partial charge < -0.3 is 16.0 Å². The Morgan fingerprint density at radius 1 is 1.32 bits per heavy atom. The number of hydrogen-bond acceptors (Lipinski definition) is 3. The first-order chi connectivity index (χ1) is 8.69. The van der Waals surface area contributed by atoms with Crippen LogP contribution < -0.4 is 11.1 Å². The summed E-state index contributed by atoms with van der Waals surface area (Å²) in [5.74, 6) is -0.0983. The maximum Gasteiger partial charge on any atom is 0.240 e. The lowest BCUT2D eigenvalue weighted by Crippen LogP contribution is -2.48. The van der Waals surface area contributed by atoms with Crippen molar-refractivity contribution < 1.29 is 9.59 Å². The Morgan fingerprint density at radius 3 is 2.47 bits per heavy atom. The van der Waals surface area contributed by atoms with Gasteiger partial charge in [-0.3, -0.25) is 9.59 Å². The van der Waals surface area contributed by atoms with E-state index in [0.717, 1.165) is 25.7 Å². The first-order valence-corrected chi connectivity index (χ1v) is 7.00. The molecule has 110 valence electrons. The van der Waals surface area contributed by atoms with Crippen LogP contribution in [0.1, 0.15) is 46.5 Å². The molecule has 0 saturated heterocycles. The fourth-order valence-electron chi connectivity index (χ4n) is 2.51. The molecule has 1 saturated carbocycles. The SMILES string of the molecule is CN(CC(=O)NC(C)(C)C)C(=O)C1CCCC(N)C1. The molecule has 0 radical (unpaired) electrons. The highest BCUT2D eigenvalue weighted by Gasteiger charge is 2.28. The molecule has 1 fully saturated rings. The van der Waals surface area contributed by atoms with Crippen LogP contribution in [0.3, 0.4) is 0 Å². The van der Waals surface area contributed by atoms with E-state index in [1.807, 2.05) is 20.8 Å². The molecular weight excluding hydrogens is 242 g/mol. The molecule has 0 aliphatic heterocycles. The van der Waals surface area contributed by atoms with E-state index in [1.54, 1.807) is 7.05 Å². The zero-order valence-electron chi connectivity index (χ0n) is 12.5. The summed E-state index contributed by atoms with van der Waals surface area (Å²) < 4.78 is 0. The van der Waals surface area contributed by atoms with Crippen LogP contribution in [0.4, 0.5) is 0 Å². The fourth-order valence-corrected chi connectivity index (χ4v) is 2.51. The number of carbonyl (C=O) groups excluding carboxylic acids is 2. The van der Waals surface area contributed by atoms with E-state index >= 15 is 0 Å². The van der Waals surface area contributed by atoms with Gasteiger partial charge in [0.2, 0.25) is 11.8 Å². The molecule has 0 bridgehead atoms. The van der Waals surface area contributed by atoms with Crippen LogP contribution in [-0.2, 0) is 9.59 Å². The third kappa shape index (κ3) is 5.59. The predicted molar refractivity (Wildman–Crippen MR) is 75.5 cm³/mol. The van der Waals surface area contributed by atoms with Crippen LogP contribution in [0.5, 0.6) is 0 Å². The highest BCUT2D eigenvalue weighted by atomic mass is 16.2. The molecule has 5 nitrogen and oxygen atoms in total. The lowest BCUT2D eigenvalue weighted by molar-refractivity contribution is -0.139. The molecule has 0 aromatic heterocycles. The zero-order valence-corrected chi connectivity index (χ0v) is 12.5. The number of rotatable bonds is 3. The number of hydrogen-bond donors (Lipinski definition) is 2. The van der Waals surface area contributed by atoms with Crippen LogP contribution >= 0.6 is 0 Å². The van der Waals surface area contributed by atoms with Crippen molar-refractivity contribution in [2.45, 2.75) is 58.0 Å². The minimum Gasteiger partial charge on any atom is -0.350 e. The molecule has 5 heteroatoms. The summed E-state index contributed by atoms with van der Waals surface area (Å²) in [5.41, 5.74) is 5.63. The summed E-state index contributed by atoms with van der Waals surface area (Å²) >= 11 is 0. The van der Waals surface area contributed by atoms with Gasteiger partial charge in [-0.05, 0) is 40.0 Å². The van der Waals surface area contributed by atoms with Gasteiger partial charge in [-0.25, -0.2) is 0 Å². The second-order valence-corrected chi connectivity index (χ2v) is 6.62. The second kappa shape index (κ2) is 6.37. The normalized spacial score (nSPS) is 23.8. The van der Waals surface area contributed by atoms with Gasteiger partial charge in [-0.1, -0.05) is 6.42 Å². The van der Waals surface area contributed by atoms with Gasteiger partial charge >= 0.3 is 0 Å².